The number of fused-ring (bicyclic) bond motifs is 2. The van der Waals surface area contributed by atoms with Crippen LogP contribution in [0.5, 0.6) is 0 Å². The number of hydrogen-bond donors (Lipinski definition) is 1. The summed E-state index contributed by atoms with van der Waals surface area (Å²) < 4.78 is 0. The van der Waals surface area contributed by atoms with Gasteiger partial charge in [-0.25, -0.2) is 0 Å². The highest BCUT2D eigenvalue weighted by Crippen LogP contribution is 2.62. The molecule has 1 N–H and O–H groups in total. The number of hydrogen-bond acceptors (Lipinski definition) is 1. The zero-order chi connectivity index (χ0) is 8.28. The summed E-state index contributed by atoms with van der Waals surface area (Å²) >= 11 is 0. The van der Waals surface area contributed by atoms with Gasteiger partial charge >= 0.3 is 0 Å². The first-order chi connectivity index (χ1) is 4.94. The normalized spacial score (nSPS) is 53.5. The molecule has 3 fully saturated rings. The highest BCUT2D eigenvalue weighted by Gasteiger charge is 2.58. The average molecular weight is 154 g/mol. The number of aliphatic hydroxyl groups is 1. The molecular weight excluding hydrogens is 136 g/mol. The first-order valence-corrected chi connectivity index (χ1v) is 4.67. The summed E-state index contributed by atoms with van der Waals surface area (Å²) in [5.41, 5.74) is 0.0556. The van der Waals surface area contributed by atoms with Crippen molar-refractivity contribution in [3.8, 4) is 0 Å². The van der Waals surface area contributed by atoms with E-state index >= 15 is 0 Å². The molecule has 0 aromatic carbocycles. The van der Waals surface area contributed by atoms with E-state index in [0.29, 0.717) is 11.3 Å². The zero-order valence-electron chi connectivity index (χ0n) is 7.72. The lowest BCUT2D eigenvalue weighted by molar-refractivity contribution is -0.192. The Balaban J connectivity index is 2.23. The molecular formula is C10H18O. The molecule has 11 heavy (non-hydrogen) atoms. The molecule has 0 heterocycles. The average Bonchev–Trinajstić information content (AvgIpc) is 1.84. The van der Waals surface area contributed by atoms with Crippen molar-refractivity contribution in [1.82, 2.24) is 0 Å². The van der Waals surface area contributed by atoms with Crippen LogP contribution in [0.4, 0.5) is 0 Å². The quantitative estimate of drug-likeness (QED) is 0.567. The smallest absolute Gasteiger partial charge is 0.0653 e. The second-order valence-corrected chi connectivity index (χ2v) is 5.20. The first kappa shape index (κ1) is 7.60. The Morgan fingerprint density at radius 1 is 1.27 bits per heavy atom. The maximum absolute atomic E-state index is 10.0. The molecule has 0 aliphatic heterocycles. The zero-order valence-corrected chi connectivity index (χ0v) is 7.72. The Morgan fingerprint density at radius 2 is 1.91 bits per heavy atom. The lowest BCUT2D eigenvalue weighted by atomic mass is 9.44. The largest absolute Gasteiger partial charge is 0.390 e. The summed E-state index contributed by atoms with van der Waals surface area (Å²) in [6.45, 7) is 6.62. The maximum Gasteiger partial charge on any atom is 0.0653 e. The van der Waals surface area contributed by atoms with Crippen LogP contribution >= 0.6 is 0 Å². The van der Waals surface area contributed by atoms with Crippen molar-refractivity contribution in [2.45, 2.75) is 45.6 Å². The molecule has 64 valence electrons. The highest BCUT2D eigenvalue weighted by atomic mass is 16.3. The van der Waals surface area contributed by atoms with E-state index in [1.54, 1.807) is 0 Å². The van der Waals surface area contributed by atoms with Gasteiger partial charge in [0.15, 0.2) is 0 Å². The van der Waals surface area contributed by atoms with E-state index < -0.39 is 0 Å². The van der Waals surface area contributed by atoms with E-state index in [-0.39, 0.29) is 5.60 Å². The minimum Gasteiger partial charge on any atom is -0.390 e. The van der Waals surface area contributed by atoms with Gasteiger partial charge in [-0.3, -0.25) is 0 Å². The van der Waals surface area contributed by atoms with Crippen LogP contribution in [0.1, 0.15) is 40.0 Å². The van der Waals surface area contributed by atoms with Gasteiger partial charge in [-0.05, 0) is 43.4 Å². The van der Waals surface area contributed by atoms with Crippen LogP contribution in [0.15, 0.2) is 0 Å². The minimum atomic E-state index is -0.363. The van der Waals surface area contributed by atoms with E-state index in [1.807, 2.05) is 6.92 Å². The predicted molar refractivity (Wildman–Crippen MR) is 45.2 cm³/mol. The molecule has 1 heteroatoms. The topological polar surface area (TPSA) is 20.2 Å². The third-order valence-corrected chi connectivity index (χ3v) is 4.22. The summed E-state index contributed by atoms with van der Waals surface area (Å²) in [5.74, 6) is 1.46. The van der Waals surface area contributed by atoms with Crippen molar-refractivity contribution in [3.05, 3.63) is 0 Å². The van der Waals surface area contributed by atoms with Crippen LogP contribution < -0.4 is 0 Å². The monoisotopic (exact) mass is 154 g/mol. The molecule has 2 bridgehead atoms. The van der Waals surface area contributed by atoms with Gasteiger partial charge in [0, 0.05) is 0 Å². The summed E-state index contributed by atoms with van der Waals surface area (Å²) in [6, 6.07) is 0. The van der Waals surface area contributed by atoms with E-state index in [0.717, 1.165) is 12.3 Å². The van der Waals surface area contributed by atoms with Gasteiger partial charge in [-0.15, -0.1) is 0 Å². The van der Waals surface area contributed by atoms with E-state index in [2.05, 4.69) is 13.8 Å². The molecule has 0 radical (unpaired) electrons. The van der Waals surface area contributed by atoms with Crippen molar-refractivity contribution in [1.29, 1.82) is 0 Å². The molecule has 0 spiro atoms. The predicted octanol–water partition coefficient (Wildman–Crippen LogP) is 2.19. The van der Waals surface area contributed by atoms with Crippen LogP contribution in [-0.4, -0.2) is 10.7 Å². The number of rotatable bonds is 0. The Hall–Kier alpha value is -0.0400. The molecule has 0 saturated heterocycles. The fourth-order valence-electron chi connectivity index (χ4n) is 3.20. The third-order valence-electron chi connectivity index (χ3n) is 4.22. The highest BCUT2D eigenvalue weighted by molar-refractivity contribution is 5.08. The van der Waals surface area contributed by atoms with E-state index in [1.165, 1.54) is 12.8 Å². The molecule has 3 rings (SSSR count). The SMILES string of the molecule is CC1(O)CC[C@H]2C[C@H]1C2(C)C. The first-order valence-electron chi connectivity index (χ1n) is 4.67. The fraction of sp³-hybridized carbons (Fsp3) is 1.00. The molecule has 1 unspecified atom stereocenters. The molecule has 3 aliphatic carbocycles. The Kier molecular flexibility index (Phi) is 1.26. The van der Waals surface area contributed by atoms with Gasteiger partial charge in [-0.1, -0.05) is 13.8 Å². The summed E-state index contributed by atoms with van der Waals surface area (Å²) in [5, 5.41) is 10.0. The van der Waals surface area contributed by atoms with E-state index in [4.69, 9.17) is 0 Å². The van der Waals surface area contributed by atoms with Crippen molar-refractivity contribution in [3.63, 3.8) is 0 Å². The summed E-state index contributed by atoms with van der Waals surface area (Å²) in [6.07, 6.45) is 3.52. The second-order valence-electron chi connectivity index (χ2n) is 5.20. The molecule has 1 nitrogen and oxygen atoms in total. The van der Waals surface area contributed by atoms with Crippen molar-refractivity contribution < 1.29 is 5.11 Å². The van der Waals surface area contributed by atoms with Gasteiger partial charge in [0.1, 0.15) is 0 Å². The minimum absolute atomic E-state index is 0.363. The standard InChI is InChI=1S/C10H18O/c1-9(2)7-4-5-10(3,11)8(9)6-7/h7-8,11H,4-6H2,1-3H3/t7-,8-,10?/m0/s1. The van der Waals surface area contributed by atoms with Gasteiger partial charge in [0.2, 0.25) is 0 Å². The van der Waals surface area contributed by atoms with Crippen LogP contribution in [0.2, 0.25) is 0 Å². The Labute approximate surface area is 68.8 Å². The summed E-state index contributed by atoms with van der Waals surface area (Å²) in [4.78, 5) is 0. The van der Waals surface area contributed by atoms with Crippen molar-refractivity contribution in [2.24, 2.45) is 17.3 Å². The van der Waals surface area contributed by atoms with Gasteiger partial charge in [-0.2, -0.15) is 0 Å². The van der Waals surface area contributed by atoms with Gasteiger partial charge in [0.05, 0.1) is 5.60 Å². The molecule has 3 atom stereocenters. The Bertz CT molecular complexity index is 171. The van der Waals surface area contributed by atoms with Crippen LogP contribution in [-0.2, 0) is 0 Å². The molecule has 0 aromatic rings. The lowest BCUT2D eigenvalue weighted by Gasteiger charge is -2.62. The van der Waals surface area contributed by atoms with Crippen molar-refractivity contribution >= 4 is 0 Å². The van der Waals surface area contributed by atoms with Crippen molar-refractivity contribution in [2.75, 3.05) is 0 Å². The molecule has 0 aromatic heterocycles. The third kappa shape index (κ3) is 0.807. The second kappa shape index (κ2) is 1.82. The molecule has 3 aliphatic rings. The van der Waals surface area contributed by atoms with Crippen LogP contribution in [0, 0.1) is 17.3 Å². The maximum atomic E-state index is 10.0. The molecule has 0 amide bonds. The van der Waals surface area contributed by atoms with Gasteiger partial charge in [0.25, 0.3) is 0 Å². The van der Waals surface area contributed by atoms with E-state index in [9.17, 15) is 5.11 Å². The lowest BCUT2D eigenvalue weighted by Crippen LogP contribution is -2.60. The molecule has 3 saturated carbocycles. The Morgan fingerprint density at radius 3 is 2.18 bits per heavy atom. The summed E-state index contributed by atoms with van der Waals surface area (Å²) in [7, 11) is 0. The van der Waals surface area contributed by atoms with Gasteiger partial charge < -0.3 is 5.11 Å². The van der Waals surface area contributed by atoms with Crippen LogP contribution in [0.3, 0.4) is 0 Å². The van der Waals surface area contributed by atoms with Crippen LogP contribution in [0.25, 0.3) is 0 Å². The fourth-order valence-corrected chi connectivity index (χ4v) is 3.20.